The van der Waals surface area contributed by atoms with Gasteiger partial charge in [-0.3, -0.25) is 0 Å². The topological polar surface area (TPSA) is 16.4 Å². The molecule has 0 fully saturated rings. The van der Waals surface area contributed by atoms with Gasteiger partial charge >= 0.3 is 0 Å². The molecule has 0 atom stereocenters. The largest absolute Gasteiger partial charge is 0.456 e. The highest BCUT2D eigenvalue weighted by Crippen LogP contribution is 2.34. The lowest BCUT2D eigenvalue weighted by Gasteiger charge is -2.17. The van der Waals surface area contributed by atoms with Crippen LogP contribution in [0, 0.1) is 0 Å². The van der Waals surface area contributed by atoms with Crippen molar-refractivity contribution >= 4 is 27.6 Å². The molecule has 22 heavy (non-hydrogen) atoms. The fourth-order valence-electron chi connectivity index (χ4n) is 3.43. The second-order valence-corrected chi connectivity index (χ2v) is 5.90. The Kier molecular flexibility index (Phi) is 2.36. The Morgan fingerprint density at radius 2 is 1.36 bits per heavy atom. The molecule has 2 nitrogen and oxygen atoms in total. The van der Waals surface area contributed by atoms with E-state index in [0.29, 0.717) is 0 Å². The van der Waals surface area contributed by atoms with Crippen molar-refractivity contribution in [3.8, 4) is 0 Å². The van der Waals surface area contributed by atoms with Crippen LogP contribution < -0.4 is 4.90 Å². The van der Waals surface area contributed by atoms with Gasteiger partial charge in [0.25, 0.3) is 0 Å². The number of para-hydroxylation sites is 1. The SMILES string of the molecule is c1ccc2c(c1)CN(c1ccc3oc4ccccc4c3c1)C2. The fraction of sp³-hybridized carbons (Fsp3) is 0.100. The Labute approximate surface area is 128 Å². The molecule has 0 amide bonds. The van der Waals surface area contributed by atoms with Crippen molar-refractivity contribution in [2.24, 2.45) is 0 Å². The molecule has 3 aromatic carbocycles. The zero-order chi connectivity index (χ0) is 14.5. The maximum atomic E-state index is 5.91. The fourth-order valence-corrected chi connectivity index (χ4v) is 3.43. The van der Waals surface area contributed by atoms with Crippen LogP contribution in [0.25, 0.3) is 21.9 Å². The molecule has 1 aliphatic heterocycles. The molecule has 0 radical (unpaired) electrons. The number of rotatable bonds is 1. The molecule has 2 heterocycles. The summed E-state index contributed by atoms with van der Waals surface area (Å²) in [5.74, 6) is 0. The van der Waals surface area contributed by atoms with Crippen LogP contribution in [0.2, 0.25) is 0 Å². The Balaban J connectivity index is 1.63. The number of furan rings is 1. The van der Waals surface area contributed by atoms with Crippen LogP contribution in [0.1, 0.15) is 11.1 Å². The van der Waals surface area contributed by atoms with E-state index in [9.17, 15) is 0 Å². The second-order valence-electron chi connectivity index (χ2n) is 5.90. The van der Waals surface area contributed by atoms with Crippen LogP contribution in [0.4, 0.5) is 5.69 Å². The highest BCUT2D eigenvalue weighted by molar-refractivity contribution is 6.05. The molecular formula is C20H15NO. The number of benzene rings is 3. The maximum Gasteiger partial charge on any atom is 0.135 e. The lowest BCUT2D eigenvalue weighted by Crippen LogP contribution is -2.14. The lowest BCUT2D eigenvalue weighted by atomic mass is 10.1. The van der Waals surface area contributed by atoms with E-state index >= 15 is 0 Å². The van der Waals surface area contributed by atoms with Gasteiger partial charge in [0, 0.05) is 29.5 Å². The zero-order valence-corrected chi connectivity index (χ0v) is 12.1. The second kappa shape index (κ2) is 4.38. The molecule has 0 spiro atoms. The Morgan fingerprint density at radius 1 is 0.682 bits per heavy atom. The molecule has 0 saturated heterocycles. The van der Waals surface area contributed by atoms with Gasteiger partial charge in [0.15, 0.2) is 0 Å². The Bertz CT molecular complexity index is 974. The van der Waals surface area contributed by atoms with E-state index in [4.69, 9.17) is 4.42 Å². The minimum atomic E-state index is 0.958. The molecule has 4 aromatic rings. The van der Waals surface area contributed by atoms with E-state index < -0.39 is 0 Å². The summed E-state index contributed by atoms with van der Waals surface area (Å²) in [5.41, 5.74) is 6.04. The first-order chi connectivity index (χ1) is 10.9. The van der Waals surface area contributed by atoms with Crippen LogP contribution >= 0.6 is 0 Å². The summed E-state index contributed by atoms with van der Waals surface area (Å²) in [4.78, 5) is 2.42. The van der Waals surface area contributed by atoms with Crippen molar-refractivity contribution in [1.82, 2.24) is 0 Å². The van der Waals surface area contributed by atoms with Gasteiger partial charge in [0.2, 0.25) is 0 Å². The molecule has 0 saturated carbocycles. The molecule has 0 unspecified atom stereocenters. The lowest BCUT2D eigenvalue weighted by molar-refractivity contribution is 0.669. The minimum Gasteiger partial charge on any atom is -0.456 e. The number of hydrogen-bond acceptors (Lipinski definition) is 2. The summed E-state index contributed by atoms with van der Waals surface area (Å²) in [6, 6.07) is 23.4. The highest BCUT2D eigenvalue weighted by Gasteiger charge is 2.19. The molecule has 0 bridgehead atoms. The first-order valence-electron chi connectivity index (χ1n) is 7.61. The molecule has 1 aromatic heterocycles. The van der Waals surface area contributed by atoms with E-state index in [1.54, 1.807) is 0 Å². The van der Waals surface area contributed by atoms with E-state index in [1.165, 1.54) is 27.6 Å². The summed E-state index contributed by atoms with van der Waals surface area (Å²) in [5, 5.41) is 2.39. The Morgan fingerprint density at radius 3 is 2.18 bits per heavy atom. The van der Waals surface area contributed by atoms with Gasteiger partial charge in [0.1, 0.15) is 11.2 Å². The number of hydrogen-bond donors (Lipinski definition) is 0. The molecule has 5 rings (SSSR count). The van der Waals surface area contributed by atoms with Gasteiger partial charge in [-0.2, -0.15) is 0 Å². The van der Waals surface area contributed by atoms with Crippen LogP contribution in [0.15, 0.2) is 71.1 Å². The van der Waals surface area contributed by atoms with Gasteiger partial charge in [-0.25, -0.2) is 0 Å². The summed E-state index contributed by atoms with van der Waals surface area (Å²) >= 11 is 0. The van der Waals surface area contributed by atoms with Gasteiger partial charge in [-0.05, 0) is 35.4 Å². The van der Waals surface area contributed by atoms with Crippen molar-refractivity contribution in [2.75, 3.05) is 4.90 Å². The van der Waals surface area contributed by atoms with Crippen molar-refractivity contribution in [3.05, 3.63) is 77.9 Å². The predicted molar refractivity (Wildman–Crippen MR) is 90.0 cm³/mol. The summed E-state index contributed by atoms with van der Waals surface area (Å²) in [7, 11) is 0. The van der Waals surface area contributed by atoms with E-state index in [1.807, 2.05) is 12.1 Å². The molecule has 0 N–H and O–H groups in total. The number of fused-ring (bicyclic) bond motifs is 4. The smallest absolute Gasteiger partial charge is 0.135 e. The maximum absolute atomic E-state index is 5.91. The average Bonchev–Trinajstić information content (AvgIpc) is 3.15. The monoisotopic (exact) mass is 285 g/mol. The molecule has 106 valence electrons. The van der Waals surface area contributed by atoms with Crippen LogP contribution in [-0.2, 0) is 13.1 Å². The predicted octanol–water partition coefficient (Wildman–Crippen LogP) is 5.11. The van der Waals surface area contributed by atoms with Crippen LogP contribution in [-0.4, -0.2) is 0 Å². The molecule has 2 heteroatoms. The summed E-state index contributed by atoms with van der Waals surface area (Å²) < 4.78 is 5.91. The van der Waals surface area contributed by atoms with Crippen LogP contribution in [0.5, 0.6) is 0 Å². The number of anilines is 1. The standard InChI is InChI=1S/C20H15NO/c1-2-6-15-13-21(12-14(15)5-1)16-9-10-20-18(11-16)17-7-3-4-8-19(17)22-20/h1-11H,12-13H2. The third kappa shape index (κ3) is 1.67. The Hall–Kier alpha value is -2.74. The quantitative estimate of drug-likeness (QED) is 0.483. The van der Waals surface area contributed by atoms with E-state index in [-0.39, 0.29) is 0 Å². The minimum absolute atomic E-state index is 0.958. The van der Waals surface area contributed by atoms with Crippen molar-refractivity contribution < 1.29 is 4.42 Å². The molecular weight excluding hydrogens is 270 g/mol. The number of nitrogens with zero attached hydrogens (tertiary/aromatic N) is 1. The third-order valence-corrected chi connectivity index (χ3v) is 4.57. The van der Waals surface area contributed by atoms with Gasteiger partial charge in [-0.15, -0.1) is 0 Å². The third-order valence-electron chi connectivity index (χ3n) is 4.57. The summed E-state index contributed by atoms with van der Waals surface area (Å²) in [6.07, 6.45) is 0. The zero-order valence-electron chi connectivity index (χ0n) is 12.1. The van der Waals surface area contributed by atoms with E-state index in [2.05, 4.69) is 59.5 Å². The first kappa shape index (κ1) is 11.9. The van der Waals surface area contributed by atoms with Crippen molar-refractivity contribution in [1.29, 1.82) is 0 Å². The highest BCUT2D eigenvalue weighted by atomic mass is 16.3. The molecule has 0 aliphatic carbocycles. The average molecular weight is 285 g/mol. The first-order valence-corrected chi connectivity index (χ1v) is 7.61. The van der Waals surface area contributed by atoms with Crippen LogP contribution in [0.3, 0.4) is 0 Å². The van der Waals surface area contributed by atoms with E-state index in [0.717, 1.165) is 24.3 Å². The van der Waals surface area contributed by atoms with Gasteiger partial charge in [-0.1, -0.05) is 42.5 Å². The van der Waals surface area contributed by atoms with Crippen molar-refractivity contribution in [3.63, 3.8) is 0 Å². The van der Waals surface area contributed by atoms with Crippen molar-refractivity contribution in [2.45, 2.75) is 13.1 Å². The van der Waals surface area contributed by atoms with Gasteiger partial charge in [0.05, 0.1) is 0 Å². The van der Waals surface area contributed by atoms with Gasteiger partial charge < -0.3 is 9.32 Å². The molecule has 1 aliphatic rings. The summed E-state index contributed by atoms with van der Waals surface area (Å²) in [6.45, 7) is 1.97. The normalized spacial score (nSPS) is 13.9.